The average Bonchev–Trinajstić information content (AvgIpc) is 2.70. The highest BCUT2D eigenvalue weighted by atomic mass is 16.5. The van der Waals surface area contributed by atoms with Crippen LogP contribution in [-0.4, -0.2) is 65.5 Å². The SMILES string of the molecule is CCC(NC(=O)c1ccc(C(=N)N)cc1)C(=O)N1CCC(OCC(=O)O)CC1. The molecule has 1 unspecified atom stereocenters. The van der Waals surface area contributed by atoms with Gasteiger partial charge in [-0.25, -0.2) is 4.79 Å². The van der Waals surface area contributed by atoms with Gasteiger partial charge in [0.05, 0.1) is 6.10 Å². The fourth-order valence-corrected chi connectivity index (χ4v) is 3.03. The van der Waals surface area contributed by atoms with Crippen molar-refractivity contribution in [1.29, 1.82) is 5.41 Å². The maximum atomic E-state index is 12.7. The van der Waals surface area contributed by atoms with Crippen LogP contribution in [0.25, 0.3) is 0 Å². The van der Waals surface area contributed by atoms with E-state index in [1.54, 1.807) is 29.2 Å². The Hall–Kier alpha value is -2.94. The number of carbonyl (C=O) groups is 3. The minimum absolute atomic E-state index is 0.0793. The van der Waals surface area contributed by atoms with Gasteiger partial charge in [0, 0.05) is 24.2 Å². The van der Waals surface area contributed by atoms with Gasteiger partial charge in [0.2, 0.25) is 5.91 Å². The van der Waals surface area contributed by atoms with E-state index in [0.29, 0.717) is 43.5 Å². The lowest BCUT2D eigenvalue weighted by Crippen LogP contribution is -2.51. The summed E-state index contributed by atoms with van der Waals surface area (Å²) in [5, 5.41) is 18.8. The number of aliphatic carboxylic acids is 1. The third kappa shape index (κ3) is 5.78. The first-order chi connectivity index (χ1) is 13.3. The summed E-state index contributed by atoms with van der Waals surface area (Å²) in [5.41, 5.74) is 6.31. The number of nitrogens with zero attached hydrogens (tertiary/aromatic N) is 1. The van der Waals surface area contributed by atoms with Crippen LogP contribution in [0.3, 0.4) is 0 Å². The molecular weight excluding hydrogens is 364 g/mol. The van der Waals surface area contributed by atoms with Crippen molar-refractivity contribution in [1.82, 2.24) is 10.2 Å². The summed E-state index contributed by atoms with van der Waals surface area (Å²) in [6.45, 7) is 2.41. The molecule has 0 radical (unpaired) electrons. The van der Waals surface area contributed by atoms with Crippen molar-refractivity contribution in [2.45, 2.75) is 38.3 Å². The molecule has 1 saturated heterocycles. The number of hydrogen-bond donors (Lipinski definition) is 4. The second-order valence-corrected chi connectivity index (χ2v) is 6.65. The highest BCUT2D eigenvalue weighted by Gasteiger charge is 2.29. The van der Waals surface area contributed by atoms with Crippen molar-refractivity contribution in [3.05, 3.63) is 35.4 Å². The highest BCUT2D eigenvalue weighted by molar-refractivity contribution is 5.99. The van der Waals surface area contributed by atoms with Crippen LogP contribution in [0.2, 0.25) is 0 Å². The summed E-state index contributed by atoms with van der Waals surface area (Å²) in [4.78, 5) is 37.4. The number of likely N-dealkylation sites (tertiary alicyclic amines) is 1. The van der Waals surface area contributed by atoms with Crippen molar-refractivity contribution < 1.29 is 24.2 Å². The van der Waals surface area contributed by atoms with Gasteiger partial charge in [-0.05, 0) is 31.4 Å². The molecule has 0 bridgehead atoms. The predicted molar refractivity (Wildman–Crippen MR) is 102 cm³/mol. The standard InChI is InChI=1S/C19H26N4O5/c1-2-15(22-18(26)13-5-3-12(4-6-13)17(20)21)19(27)23-9-7-14(8-10-23)28-11-16(24)25/h3-6,14-15H,2,7-11H2,1H3,(H3,20,21)(H,22,26)(H,24,25). The molecule has 5 N–H and O–H groups in total. The van der Waals surface area contributed by atoms with Crippen molar-refractivity contribution >= 4 is 23.6 Å². The van der Waals surface area contributed by atoms with E-state index in [1.165, 1.54) is 0 Å². The van der Waals surface area contributed by atoms with E-state index in [0.717, 1.165) is 0 Å². The molecule has 28 heavy (non-hydrogen) atoms. The zero-order chi connectivity index (χ0) is 20.7. The Kier molecular flexibility index (Phi) is 7.51. The smallest absolute Gasteiger partial charge is 0.329 e. The Morgan fingerprint density at radius 1 is 1.25 bits per heavy atom. The molecule has 0 saturated carbocycles. The number of benzene rings is 1. The van der Waals surface area contributed by atoms with Crippen LogP contribution >= 0.6 is 0 Å². The number of nitrogen functional groups attached to an aromatic ring is 1. The quantitative estimate of drug-likeness (QED) is 0.377. The van der Waals surface area contributed by atoms with E-state index < -0.39 is 12.0 Å². The number of nitrogens with two attached hydrogens (primary N) is 1. The summed E-state index contributed by atoms with van der Waals surface area (Å²) < 4.78 is 5.28. The number of amidine groups is 1. The second-order valence-electron chi connectivity index (χ2n) is 6.65. The molecule has 2 rings (SSSR count). The van der Waals surface area contributed by atoms with Gasteiger partial charge < -0.3 is 25.8 Å². The van der Waals surface area contributed by atoms with Crippen LogP contribution in [0.1, 0.15) is 42.1 Å². The molecule has 9 nitrogen and oxygen atoms in total. The number of carboxylic acid groups (broad SMARTS) is 1. The van der Waals surface area contributed by atoms with Crippen LogP contribution in [0.15, 0.2) is 24.3 Å². The van der Waals surface area contributed by atoms with Gasteiger partial charge in [-0.1, -0.05) is 19.1 Å². The number of ether oxygens (including phenoxy) is 1. The van der Waals surface area contributed by atoms with E-state index in [-0.39, 0.29) is 30.4 Å². The number of rotatable bonds is 8. The van der Waals surface area contributed by atoms with Gasteiger partial charge in [-0.2, -0.15) is 0 Å². The van der Waals surface area contributed by atoms with Crippen molar-refractivity contribution in [3.63, 3.8) is 0 Å². The molecule has 2 amide bonds. The topological polar surface area (TPSA) is 146 Å². The first-order valence-electron chi connectivity index (χ1n) is 9.19. The minimum atomic E-state index is -1.01. The molecule has 0 spiro atoms. The Bertz CT molecular complexity index is 726. The monoisotopic (exact) mass is 390 g/mol. The molecule has 1 fully saturated rings. The third-order valence-corrected chi connectivity index (χ3v) is 4.67. The Morgan fingerprint density at radius 2 is 1.82 bits per heavy atom. The molecule has 0 aromatic heterocycles. The lowest BCUT2D eigenvalue weighted by molar-refractivity contribution is -0.147. The lowest BCUT2D eigenvalue weighted by atomic mass is 10.1. The Morgan fingerprint density at radius 3 is 2.32 bits per heavy atom. The fraction of sp³-hybridized carbons (Fsp3) is 0.474. The first-order valence-corrected chi connectivity index (χ1v) is 9.19. The van der Waals surface area contributed by atoms with E-state index in [4.69, 9.17) is 21.0 Å². The van der Waals surface area contributed by atoms with Gasteiger partial charge in [-0.3, -0.25) is 15.0 Å². The molecule has 1 aromatic carbocycles. The van der Waals surface area contributed by atoms with Crippen molar-refractivity contribution in [2.75, 3.05) is 19.7 Å². The number of carboxylic acids is 1. The maximum absolute atomic E-state index is 12.7. The zero-order valence-corrected chi connectivity index (χ0v) is 15.8. The summed E-state index contributed by atoms with van der Waals surface area (Å²) >= 11 is 0. The van der Waals surface area contributed by atoms with Gasteiger partial charge in [0.25, 0.3) is 5.91 Å². The zero-order valence-electron chi connectivity index (χ0n) is 15.8. The predicted octanol–water partition coefficient (Wildman–Crippen LogP) is 0.571. The third-order valence-electron chi connectivity index (χ3n) is 4.67. The summed E-state index contributed by atoms with van der Waals surface area (Å²) in [5.74, 6) is -1.62. The number of nitrogens with one attached hydrogen (secondary N) is 2. The van der Waals surface area contributed by atoms with Crippen LogP contribution < -0.4 is 11.1 Å². The van der Waals surface area contributed by atoms with E-state index in [1.807, 2.05) is 6.92 Å². The molecule has 1 aromatic rings. The fourth-order valence-electron chi connectivity index (χ4n) is 3.03. The molecule has 0 aliphatic carbocycles. The maximum Gasteiger partial charge on any atom is 0.329 e. The Labute approximate surface area is 163 Å². The largest absolute Gasteiger partial charge is 0.480 e. The normalized spacial score (nSPS) is 15.7. The molecule has 1 aliphatic rings. The lowest BCUT2D eigenvalue weighted by Gasteiger charge is -2.34. The van der Waals surface area contributed by atoms with E-state index in [2.05, 4.69) is 5.32 Å². The van der Waals surface area contributed by atoms with Crippen molar-refractivity contribution in [3.8, 4) is 0 Å². The van der Waals surface area contributed by atoms with E-state index >= 15 is 0 Å². The van der Waals surface area contributed by atoms with Gasteiger partial charge in [0.15, 0.2) is 0 Å². The van der Waals surface area contributed by atoms with Crippen molar-refractivity contribution in [2.24, 2.45) is 5.73 Å². The molecule has 152 valence electrons. The molecule has 1 atom stereocenters. The Balaban J connectivity index is 1.90. The van der Waals surface area contributed by atoms with Gasteiger partial charge in [0.1, 0.15) is 18.5 Å². The number of piperidine rings is 1. The van der Waals surface area contributed by atoms with Gasteiger partial charge >= 0.3 is 5.97 Å². The summed E-state index contributed by atoms with van der Waals surface area (Å²) in [6.07, 6.45) is 1.41. The molecule has 9 heteroatoms. The van der Waals surface area contributed by atoms with E-state index in [9.17, 15) is 14.4 Å². The van der Waals surface area contributed by atoms with Gasteiger partial charge in [-0.15, -0.1) is 0 Å². The van der Waals surface area contributed by atoms with Crippen LogP contribution in [0.5, 0.6) is 0 Å². The second kappa shape index (κ2) is 9.84. The number of carbonyl (C=O) groups excluding carboxylic acids is 2. The molecular formula is C19H26N4O5. The first kappa shape index (κ1) is 21.4. The number of amides is 2. The molecule has 1 heterocycles. The molecule has 1 aliphatic heterocycles. The van der Waals surface area contributed by atoms with Crippen LogP contribution in [0.4, 0.5) is 0 Å². The average molecular weight is 390 g/mol. The summed E-state index contributed by atoms with van der Waals surface area (Å²) in [6, 6.07) is 5.66. The highest BCUT2D eigenvalue weighted by Crippen LogP contribution is 2.15. The van der Waals surface area contributed by atoms with Crippen LogP contribution in [-0.2, 0) is 14.3 Å². The number of hydrogen-bond acceptors (Lipinski definition) is 5. The van der Waals surface area contributed by atoms with Crippen LogP contribution in [0, 0.1) is 5.41 Å². The summed E-state index contributed by atoms with van der Waals surface area (Å²) in [7, 11) is 0. The minimum Gasteiger partial charge on any atom is -0.480 e.